The van der Waals surface area contributed by atoms with Gasteiger partial charge in [-0.25, -0.2) is 0 Å². The number of ether oxygens (including phenoxy) is 1. The molecule has 26 heavy (non-hydrogen) atoms. The van der Waals surface area contributed by atoms with Gasteiger partial charge in [-0.3, -0.25) is 9.48 Å². The van der Waals surface area contributed by atoms with Gasteiger partial charge >= 0.3 is 0 Å². The number of amides is 1. The number of benzene rings is 1. The molecular weight excluding hydrogens is 350 g/mol. The van der Waals surface area contributed by atoms with Crippen LogP contribution < -0.4 is 5.32 Å². The fourth-order valence-corrected chi connectivity index (χ4v) is 3.16. The Balaban J connectivity index is 1.54. The Bertz CT molecular complexity index is 768. The third-order valence-corrected chi connectivity index (χ3v) is 5.06. The van der Waals surface area contributed by atoms with Crippen molar-refractivity contribution in [3.63, 3.8) is 0 Å². The SMILES string of the molecule is Cc1nn(Cc2ccccc2Cl)c(C)c1C(=O)NCCCOCC1CC1. The number of rotatable bonds is 9. The molecule has 1 heterocycles. The monoisotopic (exact) mass is 375 g/mol. The minimum atomic E-state index is -0.0763. The Labute approximate surface area is 159 Å². The molecule has 1 aromatic carbocycles. The van der Waals surface area contributed by atoms with Crippen LogP contribution in [-0.2, 0) is 11.3 Å². The highest BCUT2D eigenvalue weighted by molar-refractivity contribution is 6.31. The molecule has 0 atom stereocenters. The molecular formula is C20H26ClN3O2. The summed E-state index contributed by atoms with van der Waals surface area (Å²) in [4.78, 5) is 12.5. The highest BCUT2D eigenvalue weighted by Crippen LogP contribution is 2.28. The molecule has 0 bridgehead atoms. The first-order valence-electron chi connectivity index (χ1n) is 9.19. The van der Waals surface area contributed by atoms with Gasteiger partial charge in [0.2, 0.25) is 0 Å². The van der Waals surface area contributed by atoms with Crippen molar-refractivity contribution in [2.75, 3.05) is 19.8 Å². The Morgan fingerprint density at radius 2 is 2.12 bits per heavy atom. The molecule has 1 saturated carbocycles. The molecule has 1 fully saturated rings. The molecule has 1 aliphatic rings. The maximum absolute atomic E-state index is 12.5. The molecule has 0 aliphatic heterocycles. The van der Waals surface area contributed by atoms with E-state index in [-0.39, 0.29) is 5.91 Å². The minimum Gasteiger partial charge on any atom is -0.381 e. The number of aromatic nitrogens is 2. The van der Waals surface area contributed by atoms with Crippen molar-refractivity contribution in [1.29, 1.82) is 0 Å². The van der Waals surface area contributed by atoms with Gasteiger partial charge < -0.3 is 10.1 Å². The maximum atomic E-state index is 12.5. The Kier molecular flexibility index (Phi) is 6.33. The van der Waals surface area contributed by atoms with Crippen LogP contribution in [0.4, 0.5) is 0 Å². The lowest BCUT2D eigenvalue weighted by atomic mass is 10.1. The van der Waals surface area contributed by atoms with E-state index in [4.69, 9.17) is 16.3 Å². The molecule has 6 heteroatoms. The zero-order valence-corrected chi connectivity index (χ0v) is 16.2. The summed E-state index contributed by atoms with van der Waals surface area (Å²) in [5.41, 5.74) is 3.22. The summed E-state index contributed by atoms with van der Waals surface area (Å²) < 4.78 is 7.43. The van der Waals surface area contributed by atoms with Gasteiger partial charge in [0.15, 0.2) is 0 Å². The summed E-state index contributed by atoms with van der Waals surface area (Å²) in [7, 11) is 0. The highest BCUT2D eigenvalue weighted by atomic mass is 35.5. The smallest absolute Gasteiger partial charge is 0.255 e. The number of hydrogen-bond acceptors (Lipinski definition) is 3. The summed E-state index contributed by atoms with van der Waals surface area (Å²) in [5, 5.41) is 8.20. The fourth-order valence-electron chi connectivity index (χ4n) is 2.97. The maximum Gasteiger partial charge on any atom is 0.255 e. The molecule has 1 N–H and O–H groups in total. The first-order valence-corrected chi connectivity index (χ1v) is 9.57. The quantitative estimate of drug-likeness (QED) is 0.679. The first kappa shape index (κ1) is 18.9. The number of carbonyl (C=O) groups is 1. The van der Waals surface area contributed by atoms with Crippen molar-refractivity contribution < 1.29 is 9.53 Å². The van der Waals surface area contributed by atoms with E-state index >= 15 is 0 Å². The third-order valence-electron chi connectivity index (χ3n) is 4.69. The zero-order valence-electron chi connectivity index (χ0n) is 15.4. The lowest BCUT2D eigenvalue weighted by Crippen LogP contribution is -2.26. The molecule has 140 valence electrons. The average Bonchev–Trinajstić information content (AvgIpc) is 3.39. The number of carbonyl (C=O) groups excluding carboxylic acids is 1. The Morgan fingerprint density at radius 1 is 1.35 bits per heavy atom. The molecule has 0 unspecified atom stereocenters. The predicted octanol–water partition coefficient (Wildman–Crippen LogP) is 3.75. The van der Waals surface area contributed by atoms with Crippen LogP contribution in [0.3, 0.4) is 0 Å². The number of nitrogens with one attached hydrogen (secondary N) is 1. The standard InChI is InChI=1S/C20H26ClN3O2/c1-14-19(20(25)22-10-5-11-26-13-16-8-9-16)15(2)24(23-14)12-17-6-3-4-7-18(17)21/h3-4,6-7,16H,5,8-13H2,1-2H3,(H,22,25). The summed E-state index contributed by atoms with van der Waals surface area (Å²) in [6.45, 7) is 6.50. The first-order chi connectivity index (χ1) is 12.6. The number of halogens is 1. The van der Waals surface area contributed by atoms with Crippen LogP contribution in [0.2, 0.25) is 5.02 Å². The largest absolute Gasteiger partial charge is 0.381 e. The molecule has 0 spiro atoms. The molecule has 1 aromatic heterocycles. The van der Waals surface area contributed by atoms with Crippen LogP contribution in [0, 0.1) is 19.8 Å². The summed E-state index contributed by atoms with van der Waals surface area (Å²) in [5.74, 6) is 0.700. The van der Waals surface area contributed by atoms with E-state index in [1.807, 2.05) is 42.8 Å². The fraction of sp³-hybridized carbons (Fsp3) is 0.500. The summed E-state index contributed by atoms with van der Waals surface area (Å²) in [6, 6.07) is 7.69. The molecule has 1 amide bonds. The molecule has 3 rings (SSSR count). The van der Waals surface area contributed by atoms with Crippen molar-refractivity contribution in [2.45, 2.75) is 39.7 Å². The second kappa shape index (κ2) is 8.69. The van der Waals surface area contributed by atoms with Gasteiger partial charge in [0.1, 0.15) is 0 Å². The van der Waals surface area contributed by atoms with Gasteiger partial charge in [0.25, 0.3) is 5.91 Å². The van der Waals surface area contributed by atoms with Gasteiger partial charge in [-0.15, -0.1) is 0 Å². The number of aryl methyl sites for hydroxylation is 1. The van der Waals surface area contributed by atoms with Crippen molar-refractivity contribution in [3.8, 4) is 0 Å². The summed E-state index contributed by atoms with van der Waals surface area (Å²) in [6.07, 6.45) is 3.42. The lowest BCUT2D eigenvalue weighted by Gasteiger charge is -2.08. The van der Waals surface area contributed by atoms with E-state index < -0.39 is 0 Å². The van der Waals surface area contributed by atoms with Crippen LogP contribution in [-0.4, -0.2) is 35.4 Å². The van der Waals surface area contributed by atoms with Crippen LogP contribution >= 0.6 is 11.6 Å². The van der Waals surface area contributed by atoms with Gasteiger partial charge in [-0.05, 0) is 50.7 Å². The molecule has 2 aromatic rings. The molecule has 5 nitrogen and oxygen atoms in total. The van der Waals surface area contributed by atoms with Crippen molar-refractivity contribution in [1.82, 2.24) is 15.1 Å². The van der Waals surface area contributed by atoms with Crippen LogP contribution in [0.25, 0.3) is 0 Å². The van der Waals surface area contributed by atoms with Crippen LogP contribution in [0.5, 0.6) is 0 Å². The number of hydrogen-bond donors (Lipinski definition) is 1. The van der Waals surface area contributed by atoms with E-state index in [9.17, 15) is 4.79 Å². The van der Waals surface area contributed by atoms with Crippen LogP contribution in [0.15, 0.2) is 24.3 Å². The average molecular weight is 376 g/mol. The molecule has 0 saturated heterocycles. The zero-order chi connectivity index (χ0) is 18.5. The van der Waals surface area contributed by atoms with Crippen LogP contribution in [0.1, 0.15) is 46.6 Å². The summed E-state index contributed by atoms with van der Waals surface area (Å²) >= 11 is 6.24. The Hall–Kier alpha value is -1.85. The Morgan fingerprint density at radius 3 is 2.85 bits per heavy atom. The highest BCUT2D eigenvalue weighted by Gasteiger charge is 2.21. The lowest BCUT2D eigenvalue weighted by molar-refractivity contribution is 0.0936. The normalized spacial score (nSPS) is 13.8. The van der Waals surface area contributed by atoms with Crippen molar-refractivity contribution >= 4 is 17.5 Å². The van der Waals surface area contributed by atoms with Gasteiger partial charge in [0, 0.05) is 30.5 Å². The van der Waals surface area contributed by atoms with E-state index in [0.717, 1.165) is 35.9 Å². The number of nitrogens with zero attached hydrogens (tertiary/aromatic N) is 2. The minimum absolute atomic E-state index is 0.0763. The van der Waals surface area contributed by atoms with E-state index in [1.165, 1.54) is 12.8 Å². The van der Waals surface area contributed by atoms with Crippen molar-refractivity contribution in [3.05, 3.63) is 51.8 Å². The predicted molar refractivity (Wildman–Crippen MR) is 103 cm³/mol. The molecule has 1 aliphatic carbocycles. The van der Waals surface area contributed by atoms with Crippen molar-refractivity contribution in [2.24, 2.45) is 5.92 Å². The van der Waals surface area contributed by atoms with E-state index in [1.54, 1.807) is 0 Å². The molecule has 0 radical (unpaired) electrons. The van der Waals surface area contributed by atoms with Gasteiger partial charge in [-0.1, -0.05) is 29.8 Å². The second-order valence-electron chi connectivity index (χ2n) is 6.92. The van der Waals surface area contributed by atoms with E-state index in [2.05, 4.69) is 10.4 Å². The third kappa shape index (κ3) is 4.86. The van der Waals surface area contributed by atoms with Gasteiger partial charge in [-0.2, -0.15) is 5.10 Å². The van der Waals surface area contributed by atoms with E-state index in [0.29, 0.717) is 30.3 Å². The second-order valence-corrected chi connectivity index (χ2v) is 7.33. The van der Waals surface area contributed by atoms with Gasteiger partial charge in [0.05, 0.1) is 17.8 Å². The topological polar surface area (TPSA) is 56.2 Å².